The Bertz CT molecular complexity index is 60.1. The molecule has 3 heteroatoms. The summed E-state index contributed by atoms with van der Waals surface area (Å²) >= 11 is 5.53. The van der Waals surface area contributed by atoms with Crippen molar-refractivity contribution in [3.63, 3.8) is 0 Å². The third-order valence-corrected chi connectivity index (χ3v) is 1.61. The summed E-state index contributed by atoms with van der Waals surface area (Å²) in [6.45, 7) is 0.936. The van der Waals surface area contributed by atoms with Crippen LogP contribution in [0.1, 0.15) is 19.8 Å². The van der Waals surface area contributed by atoms with Crippen LogP contribution in [0.4, 0.5) is 8.78 Å². The van der Waals surface area contributed by atoms with Gasteiger partial charge in [-0.1, -0.05) is 6.92 Å². The van der Waals surface area contributed by atoms with Gasteiger partial charge in [-0.25, -0.2) is 8.78 Å². The van der Waals surface area contributed by atoms with E-state index in [1.54, 1.807) is 0 Å². The van der Waals surface area contributed by atoms with E-state index in [0.717, 1.165) is 0 Å². The van der Waals surface area contributed by atoms with Gasteiger partial charge in [-0.05, 0) is 12.8 Å². The number of rotatable bonds is 4. The molecule has 0 aliphatic carbocycles. The molecule has 0 fully saturated rings. The van der Waals surface area contributed by atoms with E-state index >= 15 is 0 Å². The molecule has 2 unspecified atom stereocenters. The molecule has 0 aliphatic heterocycles. The molecule has 0 saturated heterocycles. The minimum absolute atomic E-state index is 0.133. The number of halogens is 3. The first-order valence-corrected chi connectivity index (χ1v) is 3.48. The smallest absolute Gasteiger partial charge is 0.130 e. The van der Waals surface area contributed by atoms with Crippen molar-refractivity contribution in [1.82, 2.24) is 0 Å². The Hall–Kier alpha value is 0.150. The summed E-state index contributed by atoms with van der Waals surface area (Å²) < 4.78 is 23.6. The van der Waals surface area contributed by atoms with Crippen molar-refractivity contribution in [1.29, 1.82) is 0 Å². The van der Waals surface area contributed by atoms with Gasteiger partial charge in [0.05, 0.1) is 0 Å². The van der Waals surface area contributed by atoms with Crippen molar-refractivity contribution in [2.75, 3.05) is 6.67 Å². The Morgan fingerprint density at radius 3 is 2.44 bits per heavy atom. The minimum atomic E-state index is -1.37. The van der Waals surface area contributed by atoms with E-state index in [4.69, 9.17) is 11.6 Å². The molecule has 0 rings (SSSR count). The molecule has 56 valence electrons. The zero-order chi connectivity index (χ0) is 7.28. The molecular weight excluding hydrogens is 146 g/mol. The van der Waals surface area contributed by atoms with E-state index < -0.39 is 12.8 Å². The van der Waals surface area contributed by atoms with Crippen LogP contribution >= 0.6 is 11.6 Å². The minimum Gasteiger partial charge on any atom is -0.248 e. The largest absolute Gasteiger partial charge is 0.248 e. The molecule has 0 amide bonds. The van der Waals surface area contributed by atoms with Crippen LogP contribution in [0.5, 0.6) is 0 Å². The highest BCUT2D eigenvalue weighted by molar-refractivity contribution is 6.20. The van der Waals surface area contributed by atoms with E-state index in [9.17, 15) is 8.78 Å². The Balaban J connectivity index is 3.22. The molecule has 0 radical (unpaired) electrons. The molecule has 0 aromatic heterocycles. The van der Waals surface area contributed by atoms with E-state index in [-0.39, 0.29) is 11.8 Å². The summed E-state index contributed by atoms with van der Waals surface area (Å²) in [4.78, 5) is 0. The highest BCUT2D eigenvalue weighted by Gasteiger charge is 2.10. The molecule has 0 N–H and O–H groups in total. The predicted molar refractivity (Wildman–Crippen MR) is 35.4 cm³/mol. The van der Waals surface area contributed by atoms with E-state index in [1.807, 2.05) is 6.92 Å². The number of hydrogen-bond donors (Lipinski definition) is 0. The van der Waals surface area contributed by atoms with Gasteiger partial charge in [0, 0.05) is 5.38 Å². The van der Waals surface area contributed by atoms with Crippen LogP contribution < -0.4 is 0 Å². The molecule has 0 heterocycles. The van der Waals surface area contributed by atoms with Crippen LogP contribution in [0.25, 0.3) is 0 Å². The van der Waals surface area contributed by atoms with Crippen LogP contribution in [0.2, 0.25) is 0 Å². The maximum Gasteiger partial charge on any atom is 0.130 e. The Labute approximate surface area is 59.2 Å². The quantitative estimate of drug-likeness (QED) is 0.549. The van der Waals surface area contributed by atoms with Gasteiger partial charge in [0.15, 0.2) is 0 Å². The molecule has 9 heavy (non-hydrogen) atoms. The molecule has 0 aromatic rings. The van der Waals surface area contributed by atoms with Gasteiger partial charge in [0.2, 0.25) is 0 Å². The Morgan fingerprint density at radius 2 is 2.11 bits per heavy atom. The van der Waals surface area contributed by atoms with Crippen molar-refractivity contribution in [3.8, 4) is 0 Å². The maximum absolute atomic E-state index is 12.1. The van der Waals surface area contributed by atoms with Crippen LogP contribution in [0.15, 0.2) is 0 Å². The summed E-state index contributed by atoms with van der Waals surface area (Å²) in [5.41, 5.74) is 0. The Morgan fingerprint density at radius 1 is 1.56 bits per heavy atom. The van der Waals surface area contributed by atoms with Gasteiger partial charge >= 0.3 is 0 Å². The number of alkyl halides is 3. The van der Waals surface area contributed by atoms with Crippen molar-refractivity contribution in [3.05, 3.63) is 0 Å². The predicted octanol–water partition coefficient (Wildman–Crippen LogP) is 2.70. The molecule has 0 spiro atoms. The van der Waals surface area contributed by atoms with Gasteiger partial charge in [-0.15, -0.1) is 11.6 Å². The van der Waals surface area contributed by atoms with E-state index in [0.29, 0.717) is 6.42 Å². The highest BCUT2D eigenvalue weighted by atomic mass is 35.5. The summed E-state index contributed by atoms with van der Waals surface area (Å²) in [5, 5.41) is -0.212. The standard InChI is InChI=1S/C6H11ClF2/c1-2-5(7)3-6(9)4-8/h5-6H,2-4H2,1H3. The van der Waals surface area contributed by atoms with E-state index in [1.165, 1.54) is 0 Å². The van der Waals surface area contributed by atoms with Crippen molar-refractivity contribution in [2.45, 2.75) is 31.3 Å². The van der Waals surface area contributed by atoms with Crippen molar-refractivity contribution >= 4 is 11.6 Å². The highest BCUT2D eigenvalue weighted by Crippen LogP contribution is 2.11. The molecule has 0 aromatic carbocycles. The zero-order valence-electron chi connectivity index (χ0n) is 5.41. The second-order valence-electron chi connectivity index (χ2n) is 1.99. The van der Waals surface area contributed by atoms with Crippen molar-refractivity contribution < 1.29 is 8.78 Å². The third kappa shape index (κ3) is 4.64. The summed E-state index contributed by atoms with van der Waals surface area (Å²) in [6, 6.07) is 0. The van der Waals surface area contributed by atoms with Crippen molar-refractivity contribution in [2.24, 2.45) is 0 Å². The molecule has 0 saturated carbocycles. The molecule has 0 aliphatic rings. The second kappa shape index (κ2) is 4.98. The van der Waals surface area contributed by atoms with Gasteiger partial charge in [-0.3, -0.25) is 0 Å². The lowest BCUT2D eigenvalue weighted by molar-refractivity contribution is 0.244. The molecular formula is C6H11ClF2. The molecule has 2 atom stereocenters. The van der Waals surface area contributed by atoms with Crippen LogP contribution in [0, 0.1) is 0 Å². The first-order valence-electron chi connectivity index (χ1n) is 3.04. The summed E-state index contributed by atoms with van der Waals surface area (Å²) in [5.74, 6) is 0. The van der Waals surface area contributed by atoms with Gasteiger partial charge in [-0.2, -0.15) is 0 Å². The van der Waals surface area contributed by atoms with E-state index in [2.05, 4.69) is 0 Å². The average Bonchev–Trinajstić information content (AvgIpc) is 1.87. The van der Waals surface area contributed by atoms with Crippen LogP contribution in [0.3, 0.4) is 0 Å². The SMILES string of the molecule is CCC(Cl)CC(F)CF. The molecule has 0 nitrogen and oxygen atoms in total. The summed E-state index contributed by atoms with van der Waals surface area (Å²) in [6.07, 6.45) is -0.538. The normalized spacial score (nSPS) is 17.3. The number of hydrogen-bond acceptors (Lipinski definition) is 0. The van der Waals surface area contributed by atoms with Gasteiger partial charge in [0.25, 0.3) is 0 Å². The van der Waals surface area contributed by atoms with Crippen LogP contribution in [-0.4, -0.2) is 18.2 Å². The Kier molecular flexibility index (Phi) is 5.06. The zero-order valence-corrected chi connectivity index (χ0v) is 6.17. The average molecular weight is 157 g/mol. The first kappa shape index (κ1) is 9.15. The fourth-order valence-corrected chi connectivity index (χ4v) is 0.701. The fraction of sp³-hybridized carbons (Fsp3) is 1.00. The summed E-state index contributed by atoms with van der Waals surface area (Å²) in [7, 11) is 0. The lowest BCUT2D eigenvalue weighted by Gasteiger charge is -2.06. The first-order chi connectivity index (χ1) is 4.20. The third-order valence-electron chi connectivity index (χ3n) is 1.12. The second-order valence-corrected chi connectivity index (χ2v) is 2.61. The van der Waals surface area contributed by atoms with Gasteiger partial charge in [0.1, 0.15) is 12.8 Å². The topological polar surface area (TPSA) is 0 Å². The lowest BCUT2D eigenvalue weighted by Crippen LogP contribution is -2.09. The maximum atomic E-state index is 12.1. The lowest BCUT2D eigenvalue weighted by atomic mass is 10.2. The van der Waals surface area contributed by atoms with Gasteiger partial charge < -0.3 is 0 Å². The monoisotopic (exact) mass is 156 g/mol. The van der Waals surface area contributed by atoms with Crippen LogP contribution in [-0.2, 0) is 0 Å². The fourth-order valence-electron chi connectivity index (χ4n) is 0.507. The molecule has 0 bridgehead atoms.